The van der Waals surface area contributed by atoms with Crippen molar-refractivity contribution < 1.29 is 19.7 Å². The Labute approximate surface area is 176 Å². The summed E-state index contributed by atoms with van der Waals surface area (Å²) in [4.78, 5) is 0. The maximum atomic E-state index is 10.5. The Kier molecular flexibility index (Phi) is 6.81. The van der Waals surface area contributed by atoms with E-state index in [-0.39, 0.29) is 11.0 Å². The molecular formula is C24H41NO4. The number of methoxy groups -OCH3 is 1. The van der Waals surface area contributed by atoms with Crippen LogP contribution in [-0.4, -0.2) is 35.2 Å². The largest absolute Gasteiger partial charge is 0.465 e. The first-order valence-corrected chi connectivity index (χ1v) is 10.6. The van der Waals surface area contributed by atoms with Gasteiger partial charge in [0.2, 0.25) is 0 Å². The number of nitrogens with one attached hydrogen (secondary N) is 1. The van der Waals surface area contributed by atoms with Gasteiger partial charge in [-0.25, -0.2) is 0 Å². The molecule has 29 heavy (non-hydrogen) atoms. The lowest BCUT2D eigenvalue weighted by atomic mass is 9.82. The minimum Gasteiger partial charge on any atom is -0.465 e. The number of benzene rings is 1. The van der Waals surface area contributed by atoms with Crippen LogP contribution < -0.4 is 10.1 Å². The van der Waals surface area contributed by atoms with E-state index in [1.54, 1.807) is 34.8 Å². The predicted octanol–water partition coefficient (Wildman–Crippen LogP) is 4.44. The lowest BCUT2D eigenvalue weighted by molar-refractivity contribution is -0.0794. The second-order valence-electron chi connectivity index (χ2n) is 11.0. The van der Waals surface area contributed by atoms with E-state index in [1.807, 2.05) is 18.2 Å². The first-order chi connectivity index (χ1) is 13.0. The molecule has 5 nitrogen and oxygen atoms in total. The standard InChI is InChI=1S/C24H41NO4/c1-21(2,11-10-19-22(3,4)25-19)15-20(28-9)29-18-13-16(23(5,6)26)12-17(14-18)24(7,8)27/h12-14,19-20,25-27H,10-11,15H2,1-9H3. The minimum atomic E-state index is -1.04. The molecule has 0 spiro atoms. The molecule has 1 saturated heterocycles. The molecule has 1 fully saturated rings. The topological polar surface area (TPSA) is 80.9 Å². The third-order valence-corrected chi connectivity index (χ3v) is 6.01. The summed E-state index contributed by atoms with van der Waals surface area (Å²) in [6, 6.07) is 6.06. The smallest absolute Gasteiger partial charge is 0.200 e. The predicted molar refractivity (Wildman–Crippen MR) is 117 cm³/mol. The fourth-order valence-corrected chi connectivity index (χ4v) is 3.63. The van der Waals surface area contributed by atoms with Crippen LogP contribution in [0.2, 0.25) is 0 Å². The minimum absolute atomic E-state index is 0.0635. The molecule has 0 radical (unpaired) electrons. The van der Waals surface area contributed by atoms with E-state index in [9.17, 15) is 10.2 Å². The Hall–Kier alpha value is -1.14. The zero-order valence-electron chi connectivity index (χ0n) is 19.7. The second kappa shape index (κ2) is 8.18. The molecule has 5 heteroatoms. The molecule has 166 valence electrons. The van der Waals surface area contributed by atoms with E-state index in [0.717, 1.165) is 19.3 Å². The number of hydrogen-bond donors (Lipinski definition) is 3. The lowest BCUT2D eigenvalue weighted by Crippen LogP contribution is -2.28. The van der Waals surface area contributed by atoms with Crippen LogP contribution in [0, 0.1) is 5.41 Å². The van der Waals surface area contributed by atoms with Gasteiger partial charge in [-0.15, -0.1) is 0 Å². The molecule has 1 aliphatic heterocycles. The molecule has 0 bridgehead atoms. The van der Waals surface area contributed by atoms with Gasteiger partial charge >= 0.3 is 0 Å². The summed E-state index contributed by atoms with van der Waals surface area (Å²) in [5, 5.41) is 24.5. The fraction of sp³-hybridized carbons (Fsp3) is 0.750. The highest BCUT2D eigenvalue weighted by molar-refractivity contribution is 5.39. The Morgan fingerprint density at radius 1 is 1.00 bits per heavy atom. The van der Waals surface area contributed by atoms with E-state index in [0.29, 0.717) is 22.9 Å². The zero-order valence-corrected chi connectivity index (χ0v) is 19.7. The van der Waals surface area contributed by atoms with E-state index >= 15 is 0 Å². The Morgan fingerprint density at radius 3 is 1.86 bits per heavy atom. The number of aliphatic hydroxyl groups is 2. The molecule has 1 aromatic carbocycles. The molecule has 2 atom stereocenters. The summed E-state index contributed by atoms with van der Waals surface area (Å²) >= 11 is 0. The first kappa shape index (κ1) is 24.1. The van der Waals surface area contributed by atoms with Crippen LogP contribution in [0.3, 0.4) is 0 Å². The van der Waals surface area contributed by atoms with Gasteiger partial charge in [-0.05, 0) is 89.1 Å². The van der Waals surface area contributed by atoms with Crippen molar-refractivity contribution in [3.63, 3.8) is 0 Å². The van der Waals surface area contributed by atoms with Crippen LogP contribution in [0.1, 0.15) is 85.8 Å². The van der Waals surface area contributed by atoms with Crippen molar-refractivity contribution >= 4 is 0 Å². The molecule has 1 aliphatic rings. The SMILES string of the molecule is COC(CC(C)(C)CCC1NC1(C)C)Oc1cc(C(C)(C)O)cc(C(C)(C)O)c1. The van der Waals surface area contributed by atoms with Crippen LogP contribution in [0.4, 0.5) is 0 Å². The highest BCUT2D eigenvalue weighted by Gasteiger charge is 2.44. The quantitative estimate of drug-likeness (QED) is 0.395. The number of hydrogen-bond acceptors (Lipinski definition) is 5. The Balaban J connectivity index is 2.12. The summed E-state index contributed by atoms with van der Waals surface area (Å²) in [6.07, 6.45) is 2.56. The van der Waals surface area contributed by atoms with Crippen LogP contribution in [0.25, 0.3) is 0 Å². The molecule has 1 aromatic rings. The van der Waals surface area contributed by atoms with E-state index < -0.39 is 17.5 Å². The van der Waals surface area contributed by atoms with Gasteiger partial charge in [0.05, 0.1) is 11.2 Å². The van der Waals surface area contributed by atoms with Crippen LogP contribution in [0.5, 0.6) is 5.75 Å². The van der Waals surface area contributed by atoms with Gasteiger partial charge < -0.3 is 25.0 Å². The molecule has 0 amide bonds. The molecule has 0 aromatic heterocycles. The molecular weight excluding hydrogens is 366 g/mol. The Morgan fingerprint density at radius 2 is 1.48 bits per heavy atom. The highest BCUT2D eigenvalue weighted by Crippen LogP contribution is 2.37. The summed E-state index contributed by atoms with van der Waals surface area (Å²) in [6.45, 7) is 15.9. The van der Waals surface area contributed by atoms with E-state index in [2.05, 4.69) is 33.0 Å². The van der Waals surface area contributed by atoms with Crippen molar-refractivity contribution in [3.8, 4) is 5.75 Å². The molecule has 0 saturated carbocycles. The van der Waals surface area contributed by atoms with Gasteiger partial charge in [0.15, 0.2) is 6.29 Å². The van der Waals surface area contributed by atoms with Crippen molar-refractivity contribution in [2.45, 2.75) is 104 Å². The normalized spacial score (nSPS) is 20.4. The van der Waals surface area contributed by atoms with Crippen LogP contribution >= 0.6 is 0 Å². The van der Waals surface area contributed by atoms with Crippen LogP contribution in [-0.2, 0) is 15.9 Å². The third-order valence-electron chi connectivity index (χ3n) is 6.01. The summed E-state index contributed by atoms with van der Waals surface area (Å²) in [5.41, 5.74) is -0.352. The molecule has 3 N–H and O–H groups in total. The summed E-state index contributed by atoms with van der Waals surface area (Å²) in [7, 11) is 1.66. The maximum absolute atomic E-state index is 10.5. The van der Waals surface area contributed by atoms with Gasteiger partial charge in [-0.1, -0.05) is 13.8 Å². The van der Waals surface area contributed by atoms with Gasteiger partial charge in [-0.3, -0.25) is 0 Å². The maximum Gasteiger partial charge on any atom is 0.200 e. The van der Waals surface area contributed by atoms with Gasteiger partial charge in [-0.2, -0.15) is 0 Å². The average Bonchev–Trinajstić information content (AvgIpc) is 3.17. The van der Waals surface area contributed by atoms with Crippen molar-refractivity contribution in [3.05, 3.63) is 29.3 Å². The zero-order chi connectivity index (χ0) is 22.3. The van der Waals surface area contributed by atoms with Crippen molar-refractivity contribution in [2.75, 3.05) is 7.11 Å². The monoisotopic (exact) mass is 407 g/mol. The van der Waals surface area contributed by atoms with Gasteiger partial charge in [0.1, 0.15) is 5.75 Å². The van der Waals surface area contributed by atoms with E-state index in [4.69, 9.17) is 9.47 Å². The molecule has 2 rings (SSSR count). The molecule has 0 aliphatic carbocycles. The fourth-order valence-electron chi connectivity index (χ4n) is 3.63. The van der Waals surface area contributed by atoms with Crippen molar-refractivity contribution in [2.24, 2.45) is 5.41 Å². The molecule has 2 unspecified atom stereocenters. The lowest BCUT2D eigenvalue weighted by Gasteiger charge is -2.30. The first-order valence-electron chi connectivity index (χ1n) is 10.6. The van der Waals surface area contributed by atoms with Gasteiger partial charge in [0, 0.05) is 25.1 Å². The summed E-state index contributed by atoms with van der Waals surface area (Å²) < 4.78 is 11.8. The Bertz CT molecular complexity index is 666. The highest BCUT2D eigenvalue weighted by atomic mass is 16.7. The number of rotatable bonds is 10. The van der Waals surface area contributed by atoms with Gasteiger partial charge in [0.25, 0.3) is 0 Å². The number of ether oxygens (including phenoxy) is 2. The average molecular weight is 408 g/mol. The van der Waals surface area contributed by atoms with Crippen molar-refractivity contribution in [1.82, 2.24) is 5.32 Å². The van der Waals surface area contributed by atoms with E-state index in [1.165, 1.54) is 0 Å². The summed E-state index contributed by atoms with van der Waals surface area (Å²) in [5.74, 6) is 0.592. The molecule has 1 heterocycles. The van der Waals surface area contributed by atoms with Crippen LogP contribution in [0.15, 0.2) is 18.2 Å². The third kappa shape index (κ3) is 6.95. The second-order valence-corrected chi connectivity index (χ2v) is 11.0. The van der Waals surface area contributed by atoms with Crippen molar-refractivity contribution in [1.29, 1.82) is 0 Å².